The van der Waals surface area contributed by atoms with Gasteiger partial charge in [0.1, 0.15) is 6.61 Å². The van der Waals surface area contributed by atoms with E-state index in [-0.39, 0.29) is 31.9 Å². The van der Waals surface area contributed by atoms with Gasteiger partial charge < -0.3 is 14.7 Å². The molecule has 0 aromatic carbocycles. The van der Waals surface area contributed by atoms with Crippen molar-refractivity contribution < 1.29 is 33.2 Å². The molecule has 0 radical (unpaired) electrons. The van der Waals surface area contributed by atoms with E-state index < -0.39 is 13.8 Å². The molecular weight excluding hydrogens is 253 g/mol. The predicted octanol–water partition coefficient (Wildman–Crippen LogP) is -0.264. The minimum absolute atomic E-state index is 0.0153. The van der Waals surface area contributed by atoms with Crippen molar-refractivity contribution in [2.75, 3.05) is 26.4 Å². The number of aliphatic hydroxyl groups is 1. The van der Waals surface area contributed by atoms with Crippen LogP contribution in [0, 0.1) is 0 Å². The summed E-state index contributed by atoms with van der Waals surface area (Å²) in [4.78, 5) is 19.9. The van der Waals surface area contributed by atoms with E-state index in [0.29, 0.717) is 0 Å². The van der Waals surface area contributed by atoms with Crippen molar-refractivity contribution in [1.29, 1.82) is 0 Å². The van der Waals surface area contributed by atoms with E-state index in [4.69, 9.17) is 10.00 Å². The van der Waals surface area contributed by atoms with E-state index in [9.17, 15) is 9.36 Å². The number of hydroxylamine groups is 1. The summed E-state index contributed by atoms with van der Waals surface area (Å²) < 4.78 is 24.4. The van der Waals surface area contributed by atoms with Gasteiger partial charge in [-0.25, -0.2) is 9.36 Å². The van der Waals surface area contributed by atoms with Crippen LogP contribution in [0.25, 0.3) is 0 Å². The quantitative estimate of drug-likeness (QED) is 0.172. The number of hydrogen-bond acceptors (Lipinski definition) is 7. The molecule has 0 amide bonds. The molecule has 17 heavy (non-hydrogen) atoms. The molecule has 0 fully saturated rings. The first kappa shape index (κ1) is 16.2. The van der Waals surface area contributed by atoms with Gasteiger partial charge in [-0.3, -0.25) is 4.52 Å². The van der Waals surface area contributed by atoms with Gasteiger partial charge in [-0.2, -0.15) is 10.1 Å². The Labute approximate surface area is 98.7 Å². The molecular formula is C8H16NO7P. The molecule has 9 heteroatoms. The number of hydrogen-bond donors (Lipinski definition) is 3. The molecule has 0 aliphatic carbocycles. The molecule has 0 saturated carbocycles. The average molecular weight is 269 g/mol. The van der Waals surface area contributed by atoms with Crippen molar-refractivity contribution in [3.63, 3.8) is 0 Å². The van der Waals surface area contributed by atoms with Crippen LogP contribution in [0.15, 0.2) is 12.2 Å². The van der Waals surface area contributed by atoms with Gasteiger partial charge in [0.05, 0.1) is 13.2 Å². The molecule has 0 rings (SSSR count). The van der Waals surface area contributed by atoms with Crippen molar-refractivity contribution in [2.45, 2.75) is 6.92 Å². The van der Waals surface area contributed by atoms with Crippen molar-refractivity contribution in [3.8, 4) is 0 Å². The number of aliphatic hydroxyl groups excluding tert-OH is 1. The second-order valence-electron chi connectivity index (χ2n) is 2.93. The summed E-state index contributed by atoms with van der Waals surface area (Å²) in [5.41, 5.74) is 2.25. The lowest BCUT2D eigenvalue weighted by Gasteiger charge is -2.11. The number of ether oxygens (including phenoxy) is 1. The summed E-state index contributed by atoms with van der Waals surface area (Å²) in [7, 11) is -4.24. The first-order valence-corrected chi connectivity index (χ1v) is 6.21. The van der Waals surface area contributed by atoms with Crippen LogP contribution in [0.1, 0.15) is 6.92 Å². The highest BCUT2D eigenvalue weighted by atomic mass is 31.2. The number of esters is 1. The fraction of sp³-hybridized carbons (Fsp3) is 0.625. The zero-order valence-electron chi connectivity index (χ0n) is 9.42. The van der Waals surface area contributed by atoms with Crippen molar-refractivity contribution in [1.82, 2.24) is 5.48 Å². The highest BCUT2D eigenvalue weighted by Crippen LogP contribution is 2.41. The standard InChI is InChI=1S/C8H16NO7P/c1-7(2)8(11)14-5-6-15-17(12,13)16-9-3-4-10/h9-10H,1,3-6H2,2H3,(H,12,13). The Morgan fingerprint density at radius 3 is 2.65 bits per heavy atom. The molecule has 3 N–H and O–H groups in total. The van der Waals surface area contributed by atoms with Gasteiger partial charge in [-0.1, -0.05) is 6.58 Å². The number of carbonyl (C=O) groups is 1. The minimum Gasteiger partial charge on any atom is -0.460 e. The zero-order chi connectivity index (χ0) is 13.3. The van der Waals surface area contributed by atoms with E-state index in [1.165, 1.54) is 6.92 Å². The van der Waals surface area contributed by atoms with Gasteiger partial charge in [0.15, 0.2) is 0 Å². The number of rotatable bonds is 9. The summed E-state index contributed by atoms with van der Waals surface area (Å²) in [6.07, 6.45) is 0. The molecule has 0 aliphatic rings. The van der Waals surface area contributed by atoms with Crippen LogP contribution in [0.2, 0.25) is 0 Å². The van der Waals surface area contributed by atoms with Crippen LogP contribution in [0.3, 0.4) is 0 Å². The lowest BCUT2D eigenvalue weighted by atomic mass is 10.4. The Balaban J connectivity index is 3.69. The lowest BCUT2D eigenvalue weighted by Crippen LogP contribution is -2.18. The molecule has 0 aliphatic heterocycles. The predicted molar refractivity (Wildman–Crippen MR) is 57.7 cm³/mol. The summed E-state index contributed by atoms with van der Waals surface area (Å²) in [6.45, 7) is 4.07. The average Bonchev–Trinajstić information content (AvgIpc) is 2.24. The first-order valence-electron chi connectivity index (χ1n) is 4.71. The molecule has 0 bridgehead atoms. The second kappa shape index (κ2) is 8.35. The maximum atomic E-state index is 11.1. The van der Waals surface area contributed by atoms with Gasteiger partial charge in [0, 0.05) is 12.1 Å². The number of phosphoric acid groups is 1. The van der Waals surface area contributed by atoms with Crippen LogP contribution in [0.5, 0.6) is 0 Å². The lowest BCUT2D eigenvalue weighted by molar-refractivity contribution is -0.139. The highest BCUT2D eigenvalue weighted by Gasteiger charge is 2.21. The van der Waals surface area contributed by atoms with Crippen LogP contribution in [-0.4, -0.2) is 42.3 Å². The maximum Gasteiger partial charge on any atom is 0.488 e. The molecule has 1 atom stereocenters. The third kappa shape index (κ3) is 8.99. The second-order valence-corrected chi connectivity index (χ2v) is 4.31. The van der Waals surface area contributed by atoms with Gasteiger partial charge in [0.2, 0.25) is 0 Å². The SMILES string of the molecule is C=C(C)C(=O)OCCOP(=O)(O)ONCCO. The van der Waals surface area contributed by atoms with E-state index in [1.54, 1.807) is 0 Å². The van der Waals surface area contributed by atoms with Crippen LogP contribution < -0.4 is 5.48 Å². The largest absolute Gasteiger partial charge is 0.488 e. The van der Waals surface area contributed by atoms with Gasteiger partial charge in [-0.15, -0.1) is 0 Å². The molecule has 0 aromatic heterocycles. The Bertz CT molecular complexity index is 306. The van der Waals surface area contributed by atoms with Crippen molar-refractivity contribution in [3.05, 3.63) is 12.2 Å². The molecule has 1 unspecified atom stereocenters. The smallest absolute Gasteiger partial charge is 0.460 e. The fourth-order valence-electron chi connectivity index (χ4n) is 0.609. The van der Waals surface area contributed by atoms with Crippen LogP contribution in [-0.2, 0) is 23.2 Å². The summed E-state index contributed by atoms with van der Waals surface area (Å²) in [5.74, 6) is -0.610. The summed E-state index contributed by atoms with van der Waals surface area (Å²) in [6, 6.07) is 0. The Morgan fingerprint density at radius 2 is 2.12 bits per heavy atom. The topological polar surface area (TPSA) is 114 Å². The number of phosphoric ester groups is 1. The third-order valence-electron chi connectivity index (χ3n) is 1.31. The van der Waals surface area contributed by atoms with E-state index in [0.717, 1.165) is 0 Å². The fourth-order valence-corrected chi connectivity index (χ4v) is 1.22. The third-order valence-corrected chi connectivity index (χ3v) is 2.18. The molecule has 8 nitrogen and oxygen atoms in total. The molecule has 0 saturated heterocycles. The Kier molecular flexibility index (Phi) is 7.98. The number of carbonyl (C=O) groups excluding carboxylic acids is 1. The zero-order valence-corrected chi connectivity index (χ0v) is 10.3. The highest BCUT2D eigenvalue weighted by molar-refractivity contribution is 7.47. The minimum atomic E-state index is -4.24. The summed E-state index contributed by atoms with van der Waals surface area (Å²) in [5, 5.41) is 8.37. The molecule has 0 spiro atoms. The molecule has 100 valence electrons. The number of nitrogens with one attached hydrogen (secondary N) is 1. The van der Waals surface area contributed by atoms with E-state index >= 15 is 0 Å². The van der Waals surface area contributed by atoms with Crippen molar-refractivity contribution in [2.24, 2.45) is 0 Å². The van der Waals surface area contributed by atoms with Crippen LogP contribution in [0.4, 0.5) is 0 Å². The Morgan fingerprint density at radius 1 is 1.47 bits per heavy atom. The Hall–Kier alpha value is -0.760. The monoisotopic (exact) mass is 269 g/mol. The van der Waals surface area contributed by atoms with Crippen LogP contribution >= 0.6 is 7.82 Å². The molecule has 0 aromatic rings. The normalized spacial score (nSPS) is 14.1. The van der Waals surface area contributed by atoms with Gasteiger partial charge >= 0.3 is 13.8 Å². The van der Waals surface area contributed by atoms with E-state index in [2.05, 4.69) is 20.5 Å². The van der Waals surface area contributed by atoms with E-state index in [1.807, 2.05) is 5.48 Å². The van der Waals surface area contributed by atoms with Gasteiger partial charge in [0.25, 0.3) is 0 Å². The molecule has 0 heterocycles. The maximum absolute atomic E-state index is 11.1. The van der Waals surface area contributed by atoms with Gasteiger partial charge in [-0.05, 0) is 6.92 Å². The first-order chi connectivity index (χ1) is 7.89. The summed E-state index contributed by atoms with van der Waals surface area (Å²) >= 11 is 0. The van der Waals surface area contributed by atoms with Crippen molar-refractivity contribution >= 4 is 13.8 Å².